The highest BCUT2D eigenvalue weighted by Crippen LogP contribution is 2.30. The summed E-state index contributed by atoms with van der Waals surface area (Å²) in [5.41, 5.74) is 6.38. The van der Waals surface area contributed by atoms with E-state index in [-0.39, 0.29) is 0 Å². The van der Waals surface area contributed by atoms with Crippen LogP contribution >= 0.6 is 24.7 Å². The molecule has 2 rings (SSSR count). The third kappa shape index (κ3) is 1.68. The minimum Gasteiger partial charge on any atom is -0.399 e. The number of fused-ring (bicyclic) bond motifs is 1. The molecule has 0 spiro atoms. The smallest absolute Gasteiger partial charge is 0.0440 e. The summed E-state index contributed by atoms with van der Waals surface area (Å²) in [6.07, 6.45) is 0. The van der Waals surface area contributed by atoms with Crippen LogP contribution in [-0.2, 0) is 0 Å². The van der Waals surface area contributed by atoms with Crippen LogP contribution in [0.4, 0.5) is 5.69 Å². The van der Waals surface area contributed by atoms with Crippen LogP contribution < -0.4 is 5.73 Å². The molecule has 0 saturated carbocycles. The third-order valence-corrected chi connectivity index (χ3v) is 2.81. The first-order valence-electron chi connectivity index (χ1n) is 4.04. The molecule has 0 saturated heterocycles. The van der Waals surface area contributed by atoms with E-state index in [0.29, 0.717) is 5.69 Å². The van der Waals surface area contributed by atoms with E-state index in [1.54, 1.807) is 0 Å². The van der Waals surface area contributed by atoms with E-state index >= 15 is 0 Å². The fraction of sp³-hybridized carbons (Fsp3) is 0. The number of nitrogen functional groups attached to an aromatic ring is 1. The molecule has 14 heavy (non-hydrogen) atoms. The highest BCUT2D eigenvalue weighted by atomic mass is 32.2. The van der Waals surface area contributed by atoms with Gasteiger partial charge in [0.1, 0.15) is 0 Å². The average Bonchev–Trinajstić information content (AvgIpc) is 2.15. The molecule has 0 unspecified atom stereocenters. The third-order valence-electron chi connectivity index (χ3n) is 2.02. The van der Waals surface area contributed by atoms with Crippen molar-refractivity contribution in [2.45, 2.75) is 9.79 Å². The summed E-state index contributed by atoms with van der Waals surface area (Å²) < 4.78 is 9.08. The lowest BCUT2D eigenvalue weighted by Gasteiger charge is -2.05. The quantitative estimate of drug-likeness (QED) is 0.395. The van der Waals surface area contributed by atoms with E-state index in [2.05, 4.69) is 12.6 Å². The topological polar surface area (TPSA) is 46.2 Å². The monoisotopic (exact) mass is 223 g/mol. The van der Waals surface area contributed by atoms with Gasteiger partial charge in [-0.1, -0.05) is 6.07 Å². The van der Waals surface area contributed by atoms with E-state index in [1.807, 2.05) is 30.3 Å². The first-order valence-corrected chi connectivity index (χ1v) is 5.26. The Balaban J connectivity index is 2.81. The van der Waals surface area contributed by atoms with Crippen LogP contribution in [0.2, 0.25) is 0 Å². The molecule has 0 aliphatic rings. The Bertz CT molecular complexity index is 480. The van der Waals surface area contributed by atoms with E-state index in [4.69, 9.17) is 10.3 Å². The van der Waals surface area contributed by atoms with E-state index in [1.165, 1.54) is 0 Å². The van der Waals surface area contributed by atoms with Crippen molar-refractivity contribution in [2.24, 2.45) is 0 Å². The molecule has 72 valence electrons. The van der Waals surface area contributed by atoms with Gasteiger partial charge in [0.2, 0.25) is 0 Å². The van der Waals surface area contributed by atoms with Crippen LogP contribution in [0.15, 0.2) is 40.1 Å². The Hall–Kier alpha value is -0.840. The number of anilines is 1. The molecule has 0 fully saturated rings. The molecule has 0 aliphatic carbocycles. The van der Waals surface area contributed by atoms with E-state index in [9.17, 15) is 0 Å². The van der Waals surface area contributed by atoms with Gasteiger partial charge in [0.05, 0.1) is 0 Å². The zero-order chi connectivity index (χ0) is 10.1. The van der Waals surface area contributed by atoms with Crippen LogP contribution in [0.3, 0.4) is 0 Å². The molecule has 4 heteroatoms. The van der Waals surface area contributed by atoms with Crippen LogP contribution in [0, 0.1) is 0 Å². The molecule has 0 bridgehead atoms. The van der Waals surface area contributed by atoms with Gasteiger partial charge in [-0.15, -0.1) is 12.6 Å². The van der Waals surface area contributed by atoms with Crippen LogP contribution in [0.5, 0.6) is 0 Å². The first-order chi connectivity index (χ1) is 6.70. The number of hydrogen-bond acceptors (Lipinski definition) is 4. The lowest BCUT2D eigenvalue weighted by molar-refractivity contribution is 0.664. The molecule has 0 heterocycles. The lowest BCUT2D eigenvalue weighted by atomic mass is 10.1. The van der Waals surface area contributed by atoms with E-state index < -0.39 is 0 Å². The highest BCUT2D eigenvalue weighted by molar-refractivity contribution is 7.94. The van der Waals surface area contributed by atoms with Crippen molar-refractivity contribution in [1.29, 1.82) is 0 Å². The van der Waals surface area contributed by atoms with Crippen molar-refractivity contribution in [3.63, 3.8) is 0 Å². The minimum atomic E-state index is 0.713. The predicted octanol–water partition coefficient (Wildman–Crippen LogP) is 3.28. The lowest BCUT2D eigenvalue weighted by Crippen LogP contribution is -1.85. The summed E-state index contributed by atoms with van der Waals surface area (Å²) in [4.78, 5) is 1.62. The molecule has 0 aliphatic heterocycles. The second kappa shape index (κ2) is 3.73. The predicted molar refractivity (Wildman–Crippen MR) is 64.1 cm³/mol. The molecule has 3 N–H and O–H groups in total. The summed E-state index contributed by atoms with van der Waals surface area (Å²) in [5, 5.41) is 1.98. The van der Waals surface area contributed by atoms with Gasteiger partial charge < -0.3 is 10.3 Å². The highest BCUT2D eigenvalue weighted by Gasteiger charge is 2.02. The first kappa shape index (κ1) is 9.71. The average molecular weight is 223 g/mol. The van der Waals surface area contributed by atoms with Gasteiger partial charge >= 0.3 is 0 Å². The molecule has 0 aromatic heterocycles. The van der Waals surface area contributed by atoms with Crippen LogP contribution in [0.25, 0.3) is 10.8 Å². The number of benzene rings is 2. The van der Waals surface area contributed by atoms with Crippen LogP contribution in [-0.4, -0.2) is 4.55 Å². The number of thiol groups is 1. The summed E-state index contributed by atoms with van der Waals surface area (Å²) in [6.45, 7) is 0. The Kier molecular flexibility index (Phi) is 2.58. The van der Waals surface area contributed by atoms with Crippen molar-refractivity contribution < 1.29 is 4.55 Å². The standard InChI is InChI=1S/C10H9NOS2/c11-7-1-2-9-6(3-7)4-8(13)5-10(9)14-12/h1-5,12-13H,11H2. The Morgan fingerprint density at radius 1 is 1.21 bits per heavy atom. The van der Waals surface area contributed by atoms with Gasteiger partial charge in [-0.25, -0.2) is 0 Å². The van der Waals surface area contributed by atoms with Crippen molar-refractivity contribution in [1.82, 2.24) is 0 Å². The van der Waals surface area contributed by atoms with Crippen molar-refractivity contribution >= 4 is 41.1 Å². The second-order valence-electron chi connectivity index (χ2n) is 3.02. The molecule has 0 atom stereocenters. The Morgan fingerprint density at radius 3 is 2.71 bits per heavy atom. The number of nitrogens with two attached hydrogens (primary N) is 1. The fourth-order valence-corrected chi connectivity index (χ4v) is 2.23. The molecular weight excluding hydrogens is 214 g/mol. The zero-order valence-corrected chi connectivity index (χ0v) is 8.98. The zero-order valence-electron chi connectivity index (χ0n) is 7.27. The van der Waals surface area contributed by atoms with Gasteiger partial charge in [0.25, 0.3) is 0 Å². The maximum atomic E-state index is 9.08. The molecular formula is C10H9NOS2. The normalized spacial score (nSPS) is 10.7. The molecule has 0 amide bonds. The Labute approximate surface area is 91.7 Å². The van der Waals surface area contributed by atoms with Crippen molar-refractivity contribution in [3.8, 4) is 0 Å². The van der Waals surface area contributed by atoms with Gasteiger partial charge in [-0.3, -0.25) is 0 Å². The van der Waals surface area contributed by atoms with Gasteiger partial charge in [-0.05, 0) is 35.0 Å². The number of hydrogen-bond donors (Lipinski definition) is 3. The summed E-state index contributed by atoms with van der Waals surface area (Å²) in [5.74, 6) is 0. The molecule has 2 aromatic carbocycles. The van der Waals surface area contributed by atoms with Gasteiger partial charge in [0, 0.05) is 27.5 Å². The van der Waals surface area contributed by atoms with Gasteiger partial charge in [0.15, 0.2) is 0 Å². The van der Waals surface area contributed by atoms with Crippen molar-refractivity contribution in [2.75, 3.05) is 5.73 Å². The van der Waals surface area contributed by atoms with Gasteiger partial charge in [-0.2, -0.15) is 0 Å². The van der Waals surface area contributed by atoms with Crippen molar-refractivity contribution in [3.05, 3.63) is 30.3 Å². The summed E-state index contributed by atoms with van der Waals surface area (Å²) in [7, 11) is 0. The number of rotatable bonds is 1. The molecule has 2 aromatic rings. The second-order valence-corrected chi connectivity index (χ2v) is 4.15. The largest absolute Gasteiger partial charge is 0.399 e. The summed E-state index contributed by atoms with van der Waals surface area (Å²) >= 11 is 4.98. The fourth-order valence-electron chi connectivity index (χ4n) is 1.41. The maximum absolute atomic E-state index is 9.08. The SMILES string of the molecule is Nc1ccc2c(SO)cc(S)cc2c1. The molecule has 2 nitrogen and oxygen atoms in total. The van der Waals surface area contributed by atoms with E-state index in [0.717, 1.165) is 32.6 Å². The Morgan fingerprint density at radius 2 is 2.00 bits per heavy atom. The maximum Gasteiger partial charge on any atom is 0.0440 e. The summed E-state index contributed by atoms with van der Waals surface area (Å²) in [6, 6.07) is 9.34. The molecule has 0 radical (unpaired) electrons. The minimum absolute atomic E-state index is 0.713. The van der Waals surface area contributed by atoms with Crippen LogP contribution in [0.1, 0.15) is 0 Å².